The Hall–Kier alpha value is -3.04. The van der Waals surface area contributed by atoms with Crippen molar-refractivity contribution in [1.82, 2.24) is 15.3 Å². The third-order valence-electron chi connectivity index (χ3n) is 5.39. The molecule has 0 amide bonds. The molecule has 1 N–H and O–H groups in total. The number of allylic oxidation sites excluding steroid dienone is 3. The van der Waals surface area contributed by atoms with Gasteiger partial charge >= 0.3 is 11.9 Å². The van der Waals surface area contributed by atoms with Gasteiger partial charge in [0.2, 0.25) is 0 Å². The van der Waals surface area contributed by atoms with Gasteiger partial charge in [0.05, 0.1) is 17.1 Å². The first kappa shape index (κ1) is 24.1. The number of dihydropyridines is 1. The monoisotopic (exact) mass is 495 g/mol. The van der Waals surface area contributed by atoms with E-state index >= 15 is 0 Å². The summed E-state index contributed by atoms with van der Waals surface area (Å²) < 4.78 is 11.3. The molecule has 4 rings (SSSR count). The predicted octanol–water partition coefficient (Wildman–Crippen LogP) is 4.35. The van der Waals surface area contributed by atoms with Crippen LogP contribution in [-0.4, -0.2) is 33.4 Å². The minimum atomic E-state index is -0.547. The van der Waals surface area contributed by atoms with Crippen molar-refractivity contribution in [1.29, 1.82) is 0 Å². The van der Waals surface area contributed by atoms with Gasteiger partial charge in [0.1, 0.15) is 13.2 Å². The quantitative estimate of drug-likeness (QED) is 0.563. The molecule has 7 nitrogen and oxygen atoms in total. The summed E-state index contributed by atoms with van der Waals surface area (Å²) in [6.45, 7) is 3.91. The average molecular weight is 496 g/mol. The molecular weight excluding hydrogens is 470 g/mol. The molecule has 9 heteroatoms. The Kier molecular flexibility index (Phi) is 8.08. The maximum Gasteiger partial charge on any atom is 0.337 e. The van der Waals surface area contributed by atoms with Crippen LogP contribution in [0.2, 0.25) is 0 Å². The number of hydrogen-bond acceptors (Lipinski definition) is 9. The molecule has 0 unspecified atom stereocenters. The largest absolute Gasteiger partial charge is 0.457 e. The highest BCUT2D eigenvalue weighted by molar-refractivity contribution is 8.09. The van der Waals surface area contributed by atoms with E-state index in [-0.39, 0.29) is 13.2 Å². The molecule has 0 bridgehead atoms. The molecule has 2 aliphatic rings. The standard InChI is InChI=1S/C25H25N3O4S2/c1-16-21(24(29)31-13-18-3-7-26-8-4-18)23(20-15-33-11-12-34-20)22(17(2)28-16)25(30)32-14-19-5-9-27-10-6-19/h3-10,15,23,28H,11-14H2,1-2H3. The number of aromatic nitrogens is 2. The second-order valence-electron chi connectivity index (χ2n) is 7.74. The number of nitrogens with one attached hydrogen (secondary N) is 1. The first-order valence-electron chi connectivity index (χ1n) is 10.8. The van der Waals surface area contributed by atoms with Crippen LogP contribution < -0.4 is 5.32 Å². The summed E-state index contributed by atoms with van der Waals surface area (Å²) >= 11 is 3.34. The average Bonchev–Trinajstić information content (AvgIpc) is 2.87. The Labute approximate surface area is 207 Å². The molecule has 2 aromatic heterocycles. The fourth-order valence-corrected chi connectivity index (χ4v) is 6.02. The summed E-state index contributed by atoms with van der Waals surface area (Å²) in [5.41, 5.74) is 3.88. The van der Waals surface area contributed by atoms with Crippen molar-refractivity contribution < 1.29 is 19.1 Å². The topological polar surface area (TPSA) is 90.4 Å². The second-order valence-corrected chi connectivity index (χ2v) is 9.88. The fourth-order valence-electron chi connectivity index (χ4n) is 3.77. The number of rotatable bonds is 7. The zero-order valence-corrected chi connectivity index (χ0v) is 20.6. The van der Waals surface area contributed by atoms with Gasteiger partial charge in [0.15, 0.2) is 0 Å². The van der Waals surface area contributed by atoms with E-state index in [2.05, 4.69) is 15.3 Å². The SMILES string of the molecule is CC1=C(C(=O)OCc2ccncc2)C(C2=CSCCS2)C(C(=O)OCc2ccncc2)=C(C)N1. The number of ether oxygens (including phenoxy) is 2. The predicted molar refractivity (Wildman–Crippen MR) is 133 cm³/mol. The van der Waals surface area contributed by atoms with Crippen LogP contribution in [0.15, 0.2) is 81.9 Å². The molecule has 176 valence electrons. The molecule has 0 aromatic carbocycles. The molecule has 2 aliphatic heterocycles. The van der Waals surface area contributed by atoms with Crippen molar-refractivity contribution >= 4 is 35.5 Å². The maximum atomic E-state index is 13.3. The van der Waals surface area contributed by atoms with Crippen LogP contribution in [0.5, 0.6) is 0 Å². The van der Waals surface area contributed by atoms with Crippen molar-refractivity contribution in [3.8, 4) is 0 Å². The summed E-state index contributed by atoms with van der Waals surface area (Å²) in [7, 11) is 0. The van der Waals surface area contributed by atoms with Crippen molar-refractivity contribution in [2.24, 2.45) is 5.92 Å². The summed E-state index contributed by atoms with van der Waals surface area (Å²) in [6, 6.07) is 7.20. The lowest BCUT2D eigenvalue weighted by Crippen LogP contribution is -2.34. The van der Waals surface area contributed by atoms with Gasteiger partial charge in [-0.2, -0.15) is 0 Å². The van der Waals surface area contributed by atoms with E-state index < -0.39 is 17.9 Å². The molecule has 0 saturated carbocycles. The van der Waals surface area contributed by atoms with Gasteiger partial charge in [-0.05, 0) is 54.6 Å². The van der Waals surface area contributed by atoms with Crippen molar-refractivity contribution in [3.05, 3.63) is 93.0 Å². The smallest absolute Gasteiger partial charge is 0.337 e. The van der Waals surface area contributed by atoms with Crippen LogP contribution in [0, 0.1) is 5.92 Å². The zero-order chi connectivity index (χ0) is 23.9. The third-order valence-corrected chi connectivity index (χ3v) is 7.76. The Balaban J connectivity index is 1.60. The van der Waals surface area contributed by atoms with Gasteiger partial charge in [-0.15, -0.1) is 23.5 Å². The van der Waals surface area contributed by atoms with Crippen LogP contribution in [0.1, 0.15) is 25.0 Å². The molecule has 0 atom stereocenters. The lowest BCUT2D eigenvalue weighted by atomic mass is 9.85. The van der Waals surface area contributed by atoms with Crippen LogP contribution in [0.3, 0.4) is 0 Å². The minimum absolute atomic E-state index is 0.121. The number of thioether (sulfide) groups is 2. The van der Waals surface area contributed by atoms with Crippen LogP contribution in [0.4, 0.5) is 0 Å². The summed E-state index contributed by atoms with van der Waals surface area (Å²) in [5.74, 6) is 0.409. The van der Waals surface area contributed by atoms with E-state index in [1.165, 1.54) is 0 Å². The minimum Gasteiger partial charge on any atom is -0.457 e. The van der Waals surface area contributed by atoms with Gasteiger partial charge in [-0.3, -0.25) is 9.97 Å². The van der Waals surface area contributed by atoms with Crippen molar-refractivity contribution in [2.75, 3.05) is 11.5 Å². The van der Waals surface area contributed by atoms with E-state index in [0.29, 0.717) is 22.5 Å². The number of nitrogens with zero attached hydrogens (tertiary/aromatic N) is 2. The normalized spacial score (nSPS) is 16.6. The Morgan fingerprint density at radius 1 is 0.882 bits per heavy atom. The number of hydrogen-bond donors (Lipinski definition) is 1. The van der Waals surface area contributed by atoms with Gasteiger partial charge < -0.3 is 14.8 Å². The van der Waals surface area contributed by atoms with Crippen molar-refractivity contribution in [3.63, 3.8) is 0 Å². The molecule has 0 saturated heterocycles. The highest BCUT2D eigenvalue weighted by Gasteiger charge is 2.39. The number of pyridine rings is 2. The number of carbonyl (C=O) groups is 2. The Morgan fingerprint density at radius 3 is 1.82 bits per heavy atom. The van der Waals surface area contributed by atoms with Gasteiger partial charge in [-0.25, -0.2) is 9.59 Å². The van der Waals surface area contributed by atoms with E-state index in [9.17, 15) is 9.59 Å². The van der Waals surface area contributed by atoms with E-state index in [1.807, 2.05) is 19.3 Å². The fraction of sp³-hybridized carbons (Fsp3) is 0.280. The first-order valence-corrected chi connectivity index (χ1v) is 12.8. The molecule has 4 heterocycles. The highest BCUT2D eigenvalue weighted by atomic mass is 32.2. The van der Waals surface area contributed by atoms with Gasteiger partial charge in [-0.1, -0.05) is 0 Å². The van der Waals surface area contributed by atoms with Gasteiger partial charge in [0, 0.05) is 52.6 Å². The summed E-state index contributed by atoms with van der Waals surface area (Å²) in [4.78, 5) is 35.6. The maximum absolute atomic E-state index is 13.3. The zero-order valence-electron chi connectivity index (χ0n) is 18.9. The number of esters is 2. The second kappa shape index (κ2) is 11.4. The highest BCUT2D eigenvalue weighted by Crippen LogP contribution is 2.44. The van der Waals surface area contributed by atoms with Crippen LogP contribution in [-0.2, 0) is 32.3 Å². The molecule has 34 heavy (non-hydrogen) atoms. The number of carbonyl (C=O) groups excluding carboxylic acids is 2. The first-order chi connectivity index (χ1) is 16.5. The van der Waals surface area contributed by atoms with E-state index in [4.69, 9.17) is 9.47 Å². The van der Waals surface area contributed by atoms with E-state index in [1.54, 1.807) is 72.6 Å². The molecule has 0 fully saturated rings. The van der Waals surface area contributed by atoms with Crippen molar-refractivity contribution in [2.45, 2.75) is 27.1 Å². The molecule has 0 spiro atoms. The third kappa shape index (κ3) is 5.71. The van der Waals surface area contributed by atoms with Crippen LogP contribution in [0.25, 0.3) is 0 Å². The van der Waals surface area contributed by atoms with Gasteiger partial charge in [0.25, 0.3) is 0 Å². The summed E-state index contributed by atoms with van der Waals surface area (Å²) in [6.07, 6.45) is 6.62. The summed E-state index contributed by atoms with van der Waals surface area (Å²) in [5, 5.41) is 5.24. The molecule has 2 aromatic rings. The van der Waals surface area contributed by atoms with Crippen LogP contribution >= 0.6 is 23.5 Å². The molecule has 0 aliphatic carbocycles. The lowest BCUT2D eigenvalue weighted by molar-refractivity contribution is -0.141. The molecule has 0 radical (unpaired) electrons. The Morgan fingerprint density at radius 2 is 1.38 bits per heavy atom. The van der Waals surface area contributed by atoms with E-state index in [0.717, 1.165) is 27.5 Å². The molecular formula is C25H25N3O4S2. The lowest BCUT2D eigenvalue weighted by Gasteiger charge is -2.32. The Bertz CT molecular complexity index is 1070.